The van der Waals surface area contributed by atoms with Crippen molar-refractivity contribution in [3.8, 4) is 0 Å². The molecule has 2 rings (SSSR count). The lowest BCUT2D eigenvalue weighted by molar-refractivity contribution is 0.586. The molecule has 0 amide bonds. The molecule has 0 bridgehead atoms. The number of aromatic nitrogens is 4. The van der Waals surface area contributed by atoms with Crippen molar-refractivity contribution in [1.29, 1.82) is 0 Å². The molecule has 1 N–H and O–H groups in total. The van der Waals surface area contributed by atoms with Crippen LogP contribution < -0.4 is 5.32 Å². The molecule has 0 aromatic carbocycles. The standard InChI is InChI=1S/C10H13N5OS/c1-15-8(12-13-14-15)4-2-6-10(17)11-9-5-3-7-16-9/h3,5,7H,2,4,6H2,1H3,(H,11,17). The van der Waals surface area contributed by atoms with Gasteiger partial charge in [-0.15, -0.1) is 5.10 Å². The molecule has 0 radical (unpaired) electrons. The Bertz CT molecular complexity index is 479. The van der Waals surface area contributed by atoms with Gasteiger partial charge in [-0.25, -0.2) is 4.68 Å². The van der Waals surface area contributed by atoms with Gasteiger partial charge in [-0.1, -0.05) is 12.2 Å². The number of tetrazole rings is 1. The Hall–Kier alpha value is -1.76. The Morgan fingerprint density at radius 3 is 3.12 bits per heavy atom. The fraction of sp³-hybridized carbons (Fsp3) is 0.400. The average Bonchev–Trinajstić information content (AvgIpc) is 2.91. The van der Waals surface area contributed by atoms with E-state index in [1.807, 2.05) is 19.2 Å². The van der Waals surface area contributed by atoms with Crippen LogP contribution in [-0.4, -0.2) is 25.2 Å². The lowest BCUT2D eigenvalue weighted by atomic mass is 10.2. The number of hydrogen-bond donors (Lipinski definition) is 1. The smallest absolute Gasteiger partial charge is 0.197 e. The summed E-state index contributed by atoms with van der Waals surface area (Å²) in [6.45, 7) is 0. The number of nitrogens with zero attached hydrogens (tertiary/aromatic N) is 4. The molecule has 0 unspecified atom stereocenters. The van der Waals surface area contributed by atoms with E-state index in [0.717, 1.165) is 30.1 Å². The number of rotatable bonds is 5. The van der Waals surface area contributed by atoms with E-state index in [0.29, 0.717) is 5.88 Å². The van der Waals surface area contributed by atoms with Crippen LogP contribution >= 0.6 is 12.2 Å². The van der Waals surface area contributed by atoms with Gasteiger partial charge in [0.1, 0.15) is 0 Å². The van der Waals surface area contributed by atoms with Crippen LogP contribution in [0.2, 0.25) is 0 Å². The minimum absolute atomic E-state index is 0.676. The molecule has 0 atom stereocenters. The van der Waals surface area contributed by atoms with Crippen LogP contribution in [0.1, 0.15) is 18.7 Å². The van der Waals surface area contributed by atoms with Crippen molar-refractivity contribution in [1.82, 2.24) is 20.2 Å². The van der Waals surface area contributed by atoms with E-state index in [1.165, 1.54) is 0 Å². The second-order valence-electron chi connectivity index (χ2n) is 3.60. The van der Waals surface area contributed by atoms with Crippen molar-refractivity contribution in [2.45, 2.75) is 19.3 Å². The van der Waals surface area contributed by atoms with Gasteiger partial charge in [0.2, 0.25) is 0 Å². The van der Waals surface area contributed by atoms with Crippen LogP contribution in [0.15, 0.2) is 22.8 Å². The lowest BCUT2D eigenvalue weighted by Gasteiger charge is -2.04. The number of nitrogens with one attached hydrogen (secondary N) is 1. The van der Waals surface area contributed by atoms with E-state index in [4.69, 9.17) is 16.6 Å². The number of anilines is 1. The first-order valence-corrected chi connectivity index (χ1v) is 5.71. The Kier molecular flexibility index (Phi) is 3.81. The third-order valence-corrected chi connectivity index (χ3v) is 2.60. The average molecular weight is 251 g/mol. The van der Waals surface area contributed by atoms with Gasteiger partial charge in [0.05, 0.1) is 11.3 Å². The molecule has 0 fully saturated rings. The third kappa shape index (κ3) is 3.35. The molecule has 90 valence electrons. The first kappa shape index (κ1) is 11.7. The first-order chi connectivity index (χ1) is 8.25. The second kappa shape index (κ2) is 5.53. The van der Waals surface area contributed by atoms with Gasteiger partial charge in [0, 0.05) is 19.5 Å². The molecule has 0 saturated carbocycles. The highest BCUT2D eigenvalue weighted by atomic mass is 32.1. The van der Waals surface area contributed by atoms with Gasteiger partial charge < -0.3 is 9.73 Å². The molecule has 2 aromatic rings. The summed E-state index contributed by atoms with van der Waals surface area (Å²) in [5.74, 6) is 1.54. The minimum Gasteiger partial charge on any atom is -0.449 e. The highest BCUT2D eigenvalue weighted by Gasteiger charge is 2.04. The molecule has 17 heavy (non-hydrogen) atoms. The van der Waals surface area contributed by atoms with Crippen LogP contribution in [0, 0.1) is 0 Å². The van der Waals surface area contributed by atoms with Crippen molar-refractivity contribution in [2.24, 2.45) is 7.05 Å². The van der Waals surface area contributed by atoms with E-state index in [2.05, 4.69) is 20.8 Å². The largest absolute Gasteiger partial charge is 0.449 e. The van der Waals surface area contributed by atoms with E-state index in [9.17, 15) is 0 Å². The normalized spacial score (nSPS) is 10.4. The van der Waals surface area contributed by atoms with Gasteiger partial charge in [-0.2, -0.15) is 0 Å². The maximum atomic E-state index is 5.20. The summed E-state index contributed by atoms with van der Waals surface area (Å²) in [5.41, 5.74) is 0. The molecule has 0 aliphatic heterocycles. The predicted molar refractivity (Wildman–Crippen MR) is 66.7 cm³/mol. The predicted octanol–water partition coefficient (Wildman–Crippen LogP) is 1.57. The molecule has 0 aliphatic carbocycles. The molecule has 0 spiro atoms. The molecule has 0 saturated heterocycles. The fourth-order valence-corrected chi connectivity index (χ4v) is 1.66. The van der Waals surface area contributed by atoms with E-state index in [1.54, 1.807) is 10.9 Å². The third-order valence-electron chi connectivity index (χ3n) is 2.30. The van der Waals surface area contributed by atoms with Gasteiger partial charge >= 0.3 is 0 Å². The summed E-state index contributed by atoms with van der Waals surface area (Å²) >= 11 is 5.20. The summed E-state index contributed by atoms with van der Waals surface area (Å²) in [6, 6.07) is 3.65. The van der Waals surface area contributed by atoms with Crippen LogP contribution in [0.4, 0.5) is 5.88 Å². The quantitative estimate of drug-likeness (QED) is 0.813. The number of furan rings is 1. The monoisotopic (exact) mass is 251 g/mol. The first-order valence-electron chi connectivity index (χ1n) is 5.30. The molecule has 6 nitrogen and oxygen atoms in total. The Morgan fingerprint density at radius 2 is 2.47 bits per heavy atom. The van der Waals surface area contributed by atoms with E-state index >= 15 is 0 Å². The van der Waals surface area contributed by atoms with Crippen LogP contribution in [0.25, 0.3) is 0 Å². The van der Waals surface area contributed by atoms with Gasteiger partial charge in [-0.05, 0) is 29.3 Å². The van der Waals surface area contributed by atoms with Crippen molar-refractivity contribution in [2.75, 3.05) is 5.32 Å². The summed E-state index contributed by atoms with van der Waals surface area (Å²) in [7, 11) is 1.83. The van der Waals surface area contributed by atoms with Crippen molar-refractivity contribution in [3.05, 3.63) is 24.2 Å². The van der Waals surface area contributed by atoms with Crippen molar-refractivity contribution >= 4 is 23.1 Å². The topological polar surface area (TPSA) is 68.8 Å². The number of hydrogen-bond acceptors (Lipinski definition) is 5. The van der Waals surface area contributed by atoms with Crippen LogP contribution in [-0.2, 0) is 13.5 Å². The molecule has 2 aromatic heterocycles. The molecule has 2 heterocycles. The molecule has 0 aliphatic rings. The SMILES string of the molecule is Cn1nnnc1CCCC(=S)Nc1ccco1. The molecular formula is C10H13N5OS. The van der Waals surface area contributed by atoms with Crippen LogP contribution in [0.5, 0.6) is 0 Å². The lowest BCUT2D eigenvalue weighted by Crippen LogP contribution is -2.09. The fourth-order valence-electron chi connectivity index (χ4n) is 1.42. The zero-order chi connectivity index (χ0) is 12.1. The van der Waals surface area contributed by atoms with Crippen molar-refractivity contribution < 1.29 is 4.42 Å². The highest BCUT2D eigenvalue weighted by Crippen LogP contribution is 2.09. The van der Waals surface area contributed by atoms with Crippen LogP contribution in [0.3, 0.4) is 0 Å². The zero-order valence-corrected chi connectivity index (χ0v) is 10.3. The van der Waals surface area contributed by atoms with Gasteiger partial charge in [0.25, 0.3) is 0 Å². The summed E-state index contributed by atoms with van der Waals surface area (Å²) in [5, 5.41) is 14.3. The summed E-state index contributed by atoms with van der Waals surface area (Å²) in [4.78, 5) is 0.759. The Balaban J connectivity index is 1.72. The Labute approximate surface area is 104 Å². The van der Waals surface area contributed by atoms with E-state index in [-0.39, 0.29) is 0 Å². The molecule has 7 heteroatoms. The maximum absolute atomic E-state index is 5.20. The minimum atomic E-state index is 0.676. The summed E-state index contributed by atoms with van der Waals surface area (Å²) < 4.78 is 6.81. The second-order valence-corrected chi connectivity index (χ2v) is 4.09. The van der Waals surface area contributed by atoms with E-state index < -0.39 is 0 Å². The molecular weight excluding hydrogens is 238 g/mol. The maximum Gasteiger partial charge on any atom is 0.197 e. The Morgan fingerprint density at radius 1 is 1.59 bits per heavy atom. The summed E-state index contributed by atoms with van der Waals surface area (Å²) in [6.07, 6.45) is 4.10. The zero-order valence-electron chi connectivity index (χ0n) is 9.46. The van der Waals surface area contributed by atoms with Gasteiger partial charge in [0.15, 0.2) is 11.7 Å². The number of aryl methyl sites for hydroxylation is 2. The van der Waals surface area contributed by atoms with Gasteiger partial charge in [-0.3, -0.25) is 0 Å². The number of thiocarbonyl (C=S) groups is 1. The van der Waals surface area contributed by atoms with Crippen molar-refractivity contribution in [3.63, 3.8) is 0 Å². The highest BCUT2D eigenvalue weighted by molar-refractivity contribution is 7.80.